The predicted molar refractivity (Wildman–Crippen MR) is 74.2 cm³/mol. The van der Waals surface area contributed by atoms with Crippen molar-refractivity contribution < 1.29 is 74.5 Å². The van der Waals surface area contributed by atoms with Gasteiger partial charge in [-0.15, -0.1) is 5.11 Å². The zero-order chi connectivity index (χ0) is 16.8. The summed E-state index contributed by atoms with van der Waals surface area (Å²) in [5.74, 6) is -2.34. The smallest absolute Gasteiger partial charge is 0.550 e. The Morgan fingerprint density at radius 3 is 2.22 bits per heavy atom. The van der Waals surface area contributed by atoms with E-state index in [2.05, 4.69) is 10.3 Å². The largest absolute Gasteiger partial charge is 1.00 e. The molecule has 0 saturated heterocycles. The molecule has 0 heterocycles. The number of aliphatic carboxylic acids is 1. The molecule has 11 heteroatoms. The molecular weight excluding hydrogens is 351 g/mol. The van der Waals surface area contributed by atoms with Crippen molar-refractivity contribution in [2.24, 2.45) is 10.3 Å². The molecule has 0 radical (unpaired) electrons. The summed E-state index contributed by atoms with van der Waals surface area (Å²) in [6, 6.07) is 5.37. The third kappa shape index (κ3) is 8.53. The standard InChI is InChI=1S/C12H16N4O5S.K/c1-16(2)15-13-9-3-5-10(6-4-9)22(20,21)14-11(17)7-8-12(18)19;/h3-6H,7-8H2,1-2H3,(H,14,17)(H,18,19);/q;+1/p-1. The monoisotopic (exact) mass is 366 g/mol. The van der Waals surface area contributed by atoms with Crippen molar-refractivity contribution in [3.8, 4) is 0 Å². The zero-order valence-corrected chi connectivity index (χ0v) is 17.0. The number of carboxylic acid groups (broad SMARTS) is 1. The topological polar surface area (TPSA) is 131 Å². The van der Waals surface area contributed by atoms with E-state index in [-0.39, 0.29) is 56.3 Å². The average Bonchev–Trinajstić information content (AvgIpc) is 2.43. The normalized spacial score (nSPS) is 10.9. The number of benzene rings is 1. The molecule has 0 unspecified atom stereocenters. The van der Waals surface area contributed by atoms with Gasteiger partial charge in [0.25, 0.3) is 10.0 Å². The van der Waals surface area contributed by atoms with Gasteiger partial charge in [-0.05, 0) is 30.7 Å². The van der Waals surface area contributed by atoms with E-state index in [0.717, 1.165) is 0 Å². The molecule has 1 aromatic carbocycles. The summed E-state index contributed by atoms with van der Waals surface area (Å²) in [4.78, 5) is 21.4. The Morgan fingerprint density at radius 2 is 1.74 bits per heavy atom. The van der Waals surface area contributed by atoms with Gasteiger partial charge >= 0.3 is 51.4 Å². The second kappa shape index (κ2) is 10.1. The third-order valence-electron chi connectivity index (χ3n) is 2.29. The van der Waals surface area contributed by atoms with E-state index in [1.807, 2.05) is 0 Å². The summed E-state index contributed by atoms with van der Waals surface area (Å²) >= 11 is 0. The minimum absolute atomic E-state index is 0. The van der Waals surface area contributed by atoms with E-state index in [0.29, 0.717) is 5.69 Å². The van der Waals surface area contributed by atoms with Gasteiger partial charge in [0.05, 0.1) is 10.6 Å². The fourth-order valence-electron chi connectivity index (χ4n) is 1.31. The summed E-state index contributed by atoms with van der Waals surface area (Å²) in [5.41, 5.74) is 0.441. The van der Waals surface area contributed by atoms with Crippen LogP contribution in [0.5, 0.6) is 0 Å². The molecule has 0 aromatic heterocycles. The van der Waals surface area contributed by atoms with Crippen LogP contribution in [0.2, 0.25) is 0 Å². The molecule has 0 atom stereocenters. The first-order valence-corrected chi connectivity index (χ1v) is 7.63. The Hall–Kier alpha value is -0.854. The second-order valence-corrected chi connectivity index (χ2v) is 6.11. The van der Waals surface area contributed by atoms with Gasteiger partial charge in [-0.25, -0.2) is 13.1 Å². The van der Waals surface area contributed by atoms with Crippen LogP contribution in [0.3, 0.4) is 0 Å². The third-order valence-corrected chi connectivity index (χ3v) is 3.68. The summed E-state index contributed by atoms with van der Waals surface area (Å²) in [6.07, 6.45) is -1.03. The van der Waals surface area contributed by atoms with Gasteiger partial charge in [0.1, 0.15) is 0 Å². The maximum atomic E-state index is 11.9. The van der Waals surface area contributed by atoms with Crippen molar-refractivity contribution in [1.82, 2.24) is 9.73 Å². The number of amides is 1. The number of hydrogen-bond donors (Lipinski definition) is 1. The molecule has 1 aromatic rings. The summed E-state index contributed by atoms with van der Waals surface area (Å²) in [6.45, 7) is 0. The first-order chi connectivity index (χ1) is 10.2. The zero-order valence-electron chi connectivity index (χ0n) is 13.0. The van der Waals surface area contributed by atoms with Crippen LogP contribution in [0.15, 0.2) is 39.5 Å². The minimum atomic E-state index is -4.05. The van der Waals surface area contributed by atoms with E-state index in [9.17, 15) is 23.1 Å². The fraction of sp³-hybridized carbons (Fsp3) is 0.333. The van der Waals surface area contributed by atoms with E-state index < -0.39 is 34.7 Å². The molecule has 1 amide bonds. The molecule has 0 bridgehead atoms. The predicted octanol–water partition coefficient (Wildman–Crippen LogP) is -3.41. The van der Waals surface area contributed by atoms with E-state index in [1.165, 1.54) is 29.3 Å². The van der Waals surface area contributed by atoms with Crippen LogP contribution in [-0.2, 0) is 19.6 Å². The van der Waals surface area contributed by atoms with Gasteiger partial charge in [0.15, 0.2) is 0 Å². The Kier molecular flexibility index (Phi) is 9.73. The SMILES string of the molecule is CN(C)N=Nc1ccc(S(=O)(=O)NC(=O)CCC(=O)[O-])cc1.[K+]. The molecule has 0 fully saturated rings. The first-order valence-electron chi connectivity index (χ1n) is 6.15. The Bertz CT molecular complexity index is 673. The molecule has 0 aliphatic rings. The fourth-order valence-corrected chi connectivity index (χ4v) is 2.32. The quantitative estimate of drug-likeness (QED) is 0.304. The number of sulfonamides is 1. The van der Waals surface area contributed by atoms with Crippen molar-refractivity contribution in [3.63, 3.8) is 0 Å². The van der Waals surface area contributed by atoms with Gasteiger partial charge in [-0.3, -0.25) is 9.80 Å². The Morgan fingerprint density at radius 1 is 1.17 bits per heavy atom. The second-order valence-electron chi connectivity index (χ2n) is 4.43. The Balaban J connectivity index is 0.00000484. The van der Waals surface area contributed by atoms with Crippen molar-refractivity contribution in [1.29, 1.82) is 0 Å². The maximum absolute atomic E-state index is 11.9. The number of hydrogen-bond acceptors (Lipinski definition) is 7. The van der Waals surface area contributed by atoms with Crippen molar-refractivity contribution in [2.45, 2.75) is 17.7 Å². The van der Waals surface area contributed by atoms with Crippen molar-refractivity contribution in [2.75, 3.05) is 14.1 Å². The number of rotatable bonds is 7. The molecule has 0 aliphatic heterocycles. The van der Waals surface area contributed by atoms with Crippen molar-refractivity contribution >= 4 is 27.6 Å². The van der Waals surface area contributed by atoms with Gasteiger partial charge in [0.2, 0.25) is 5.91 Å². The Labute approximate surface area is 176 Å². The van der Waals surface area contributed by atoms with Crippen molar-refractivity contribution in [3.05, 3.63) is 24.3 Å². The van der Waals surface area contributed by atoms with Gasteiger partial charge in [0, 0.05) is 26.5 Å². The van der Waals surface area contributed by atoms with Crippen LogP contribution in [0, 0.1) is 0 Å². The summed E-state index contributed by atoms with van der Waals surface area (Å²) < 4.78 is 25.6. The number of nitrogens with one attached hydrogen (secondary N) is 1. The van der Waals surface area contributed by atoms with Gasteiger partial charge in [-0.2, -0.15) is 0 Å². The maximum Gasteiger partial charge on any atom is 1.00 e. The number of carbonyl (C=O) groups is 2. The molecule has 0 spiro atoms. The summed E-state index contributed by atoms with van der Waals surface area (Å²) in [7, 11) is -0.681. The van der Waals surface area contributed by atoms with Gasteiger partial charge < -0.3 is 9.90 Å². The molecule has 1 N–H and O–H groups in total. The van der Waals surface area contributed by atoms with Crippen LogP contribution in [0.4, 0.5) is 5.69 Å². The first kappa shape index (κ1) is 22.1. The molecule has 0 aliphatic carbocycles. The molecule has 0 saturated carbocycles. The van der Waals surface area contributed by atoms with Gasteiger partial charge in [-0.1, -0.05) is 5.22 Å². The molecule has 23 heavy (non-hydrogen) atoms. The van der Waals surface area contributed by atoms with E-state index >= 15 is 0 Å². The number of carboxylic acids is 1. The van der Waals surface area contributed by atoms with Crippen LogP contribution >= 0.6 is 0 Å². The number of carbonyl (C=O) groups excluding carboxylic acids is 2. The van der Waals surface area contributed by atoms with E-state index in [4.69, 9.17) is 0 Å². The minimum Gasteiger partial charge on any atom is -0.550 e. The van der Waals surface area contributed by atoms with Crippen LogP contribution in [0.1, 0.15) is 12.8 Å². The molecular formula is C12H15KN4O5S. The van der Waals surface area contributed by atoms with Crippen LogP contribution in [0.25, 0.3) is 0 Å². The average molecular weight is 366 g/mol. The van der Waals surface area contributed by atoms with E-state index in [1.54, 1.807) is 18.8 Å². The molecule has 120 valence electrons. The molecule has 9 nitrogen and oxygen atoms in total. The molecule has 1 rings (SSSR count). The van der Waals surface area contributed by atoms with Crippen LogP contribution in [-0.4, -0.2) is 39.4 Å². The van der Waals surface area contributed by atoms with Crippen LogP contribution < -0.4 is 61.2 Å². The number of nitrogens with zero attached hydrogens (tertiary/aromatic N) is 3. The summed E-state index contributed by atoms with van der Waals surface area (Å²) in [5, 5.41) is 19.3.